The van der Waals surface area contributed by atoms with Gasteiger partial charge in [-0.2, -0.15) is 0 Å². The number of Topliss-reactive ketones (excluding diaryl/α,β-unsaturated/α-hetero) is 1. The minimum atomic E-state index is -0.138. The molecule has 5 aliphatic rings. The Morgan fingerprint density at radius 3 is 2.08 bits per heavy atom. The summed E-state index contributed by atoms with van der Waals surface area (Å²) in [6.07, 6.45) is 11.2. The molecule has 4 fully saturated rings. The Labute approximate surface area is 233 Å². The third kappa shape index (κ3) is 3.03. The highest BCUT2D eigenvalue weighted by Gasteiger charge is 2.76. The third-order valence-electron chi connectivity index (χ3n) is 15.2. The second-order valence-corrected chi connectivity index (χ2v) is 16.5. The van der Waals surface area contributed by atoms with E-state index in [0.717, 1.165) is 25.7 Å². The lowest BCUT2D eigenvalue weighted by Gasteiger charge is -2.79. The number of fused-ring (bicyclic) bond motifs is 7. The fourth-order valence-electron chi connectivity index (χ4n) is 12.5. The molecule has 0 amide bonds. The molecule has 0 aromatic carbocycles. The van der Waals surface area contributed by atoms with Crippen molar-refractivity contribution in [1.82, 2.24) is 0 Å². The van der Waals surface area contributed by atoms with E-state index in [9.17, 15) is 9.59 Å². The zero-order valence-electron chi connectivity index (χ0n) is 26.5. The van der Waals surface area contributed by atoms with Crippen LogP contribution in [0.2, 0.25) is 0 Å². The number of carbonyl (C=O) groups is 2. The summed E-state index contributed by atoms with van der Waals surface area (Å²) in [4.78, 5) is 25.6. The van der Waals surface area contributed by atoms with Crippen molar-refractivity contribution in [1.29, 1.82) is 0 Å². The van der Waals surface area contributed by atoms with Gasteiger partial charge in [0.1, 0.15) is 6.10 Å². The maximum atomic E-state index is 13.6. The number of allylic oxidation sites excluding steroid dienone is 2. The molecule has 0 aromatic rings. The van der Waals surface area contributed by atoms with Crippen LogP contribution in [0, 0.1) is 49.7 Å². The molecule has 0 radical (unpaired) electrons. The summed E-state index contributed by atoms with van der Waals surface area (Å²) in [6, 6.07) is 0. The first kappa shape index (κ1) is 28.4. The van der Waals surface area contributed by atoms with E-state index >= 15 is 0 Å². The van der Waals surface area contributed by atoms with Crippen LogP contribution in [0.4, 0.5) is 0 Å². The SMILES string of the molecule is CC[C@@]12CC[C@@]3(C)[C@]4(C)CCC5C(C)(C)[C@@H](OC(C)=O)CC[C@]5(C)[C@@]4(C)CC[C@]3(C)C1=C(C(C)C)C(=O)C2. The number of hydrogen-bond acceptors (Lipinski definition) is 3. The number of ketones is 1. The van der Waals surface area contributed by atoms with E-state index in [4.69, 9.17) is 4.74 Å². The largest absolute Gasteiger partial charge is 0.462 e. The summed E-state index contributed by atoms with van der Waals surface area (Å²) in [5, 5.41) is 0. The lowest BCUT2D eigenvalue weighted by atomic mass is 9.25. The van der Waals surface area contributed by atoms with E-state index in [0.29, 0.717) is 17.6 Å². The van der Waals surface area contributed by atoms with Gasteiger partial charge in [-0.3, -0.25) is 9.59 Å². The van der Waals surface area contributed by atoms with Gasteiger partial charge in [0.25, 0.3) is 0 Å². The first-order valence-corrected chi connectivity index (χ1v) is 15.9. The highest BCUT2D eigenvalue weighted by molar-refractivity contribution is 6.00. The molecular weight excluding hydrogens is 468 g/mol. The van der Waals surface area contributed by atoms with Gasteiger partial charge >= 0.3 is 5.97 Å². The fraction of sp³-hybridized carbons (Fsp3) is 0.886. The standard InChI is InChI=1S/C35H56O3/c1-12-35-20-19-33(10)31(8,28(35)27(22(2)3)24(37)21-35)17-18-32(9)30(7)15-14-26(38-23(4)36)29(5,6)25(30)13-16-34(32,33)11/h22,25-26H,12-21H2,1-11H3/t25?,26-,30-,31+,32+,33+,34+,35-/m0/s1. The highest BCUT2D eigenvalue weighted by atomic mass is 16.5. The molecule has 0 bridgehead atoms. The van der Waals surface area contributed by atoms with Gasteiger partial charge < -0.3 is 4.74 Å². The minimum absolute atomic E-state index is 0.0126. The molecule has 0 spiro atoms. The predicted molar refractivity (Wildman–Crippen MR) is 155 cm³/mol. The molecule has 214 valence electrons. The zero-order chi connectivity index (χ0) is 28.3. The van der Waals surface area contributed by atoms with E-state index in [-0.39, 0.29) is 50.0 Å². The molecule has 8 atom stereocenters. The lowest BCUT2D eigenvalue weighted by molar-refractivity contribution is -0.293. The molecule has 5 aliphatic carbocycles. The molecule has 0 aromatic heterocycles. The van der Waals surface area contributed by atoms with Gasteiger partial charge in [-0.15, -0.1) is 0 Å². The van der Waals surface area contributed by atoms with Crippen molar-refractivity contribution in [2.24, 2.45) is 49.7 Å². The van der Waals surface area contributed by atoms with Crippen LogP contribution in [0.1, 0.15) is 140 Å². The Bertz CT molecular complexity index is 1080. The van der Waals surface area contributed by atoms with Crippen molar-refractivity contribution >= 4 is 11.8 Å². The summed E-state index contributed by atoms with van der Waals surface area (Å²) in [7, 11) is 0. The quantitative estimate of drug-likeness (QED) is 0.346. The Morgan fingerprint density at radius 2 is 1.50 bits per heavy atom. The number of rotatable bonds is 3. The van der Waals surface area contributed by atoms with Crippen molar-refractivity contribution < 1.29 is 14.3 Å². The van der Waals surface area contributed by atoms with Gasteiger partial charge in [0.15, 0.2) is 5.78 Å². The van der Waals surface area contributed by atoms with Crippen molar-refractivity contribution in [2.45, 2.75) is 146 Å². The molecule has 5 rings (SSSR count). The molecule has 0 saturated heterocycles. The van der Waals surface area contributed by atoms with Crippen LogP contribution in [0.25, 0.3) is 0 Å². The number of esters is 1. The normalized spacial score (nSPS) is 49.7. The van der Waals surface area contributed by atoms with Crippen LogP contribution in [0.5, 0.6) is 0 Å². The van der Waals surface area contributed by atoms with E-state index in [1.165, 1.54) is 44.1 Å². The minimum Gasteiger partial charge on any atom is -0.462 e. The molecule has 4 saturated carbocycles. The molecule has 38 heavy (non-hydrogen) atoms. The first-order chi connectivity index (χ1) is 17.4. The van der Waals surface area contributed by atoms with Crippen LogP contribution >= 0.6 is 0 Å². The molecule has 0 N–H and O–H groups in total. The number of carbonyl (C=O) groups excluding carboxylic acids is 2. The highest BCUT2D eigenvalue weighted by Crippen LogP contribution is 2.84. The van der Waals surface area contributed by atoms with Crippen LogP contribution in [0.3, 0.4) is 0 Å². The number of hydrogen-bond donors (Lipinski definition) is 0. The summed E-state index contributed by atoms with van der Waals surface area (Å²) in [5.41, 5.74) is 3.65. The average Bonchev–Trinajstić information content (AvgIpc) is 3.14. The van der Waals surface area contributed by atoms with Crippen molar-refractivity contribution in [3.63, 3.8) is 0 Å². The Balaban J connectivity index is 1.64. The maximum absolute atomic E-state index is 13.6. The van der Waals surface area contributed by atoms with Crippen LogP contribution in [0.15, 0.2) is 11.1 Å². The van der Waals surface area contributed by atoms with Crippen LogP contribution < -0.4 is 0 Å². The van der Waals surface area contributed by atoms with Gasteiger partial charge in [-0.25, -0.2) is 0 Å². The van der Waals surface area contributed by atoms with E-state index < -0.39 is 0 Å². The molecule has 1 unspecified atom stereocenters. The van der Waals surface area contributed by atoms with Crippen molar-refractivity contribution in [2.75, 3.05) is 0 Å². The average molecular weight is 525 g/mol. The first-order valence-electron chi connectivity index (χ1n) is 15.9. The second-order valence-electron chi connectivity index (χ2n) is 16.5. The molecule has 3 heteroatoms. The van der Waals surface area contributed by atoms with Crippen molar-refractivity contribution in [3.05, 3.63) is 11.1 Å². The lowest BCUT2D eigenvalue weighted by Crippen LogP contribution is -2.72. The maximum Gasteiger partial charge on any atom is 0.302 e. The summed E-state index contributed by atoms with van der Waals surface area (Å²) >= 11 is 0. The van der Waals surface area contributed by atoms with Crippen LogP contribution in [-0.2, 0) is 14.3 Å². The summed E-state index contributed by atoms with van der Waals surface area (Å²) in [6.45, 7) is 26.4. The smallest absolute Gasteiger partial charge is 0.302 e. The Kier molecular flexibility index (Phi) is 6.14. The summed E-state index contributed by atoms with van der Waals surface area (Å²) in [5.74, 6) is 1.15. The van der Waals surface area contributed by atoms with Crippen molar-refractivity contribution in [3.8, 4) is 0 Å². The molecule has 3 nitrogen and oxygen atoms in total. The van der Waals surface area contributed by atoms with E-state index in [1.807, 2.05) is 0 Å². The van der Waals surface area contributed by atoms with E-state index in [2.05, 4.69) is 69.2 Å². The third-order valence-corrected chi connectivity index (χ3v) is 15.2. The summed E-state index contributed by atoms with van der Waals surface area (Å²) < 4.78 is 5.95. The van der Waals surface area contributed by atoms with Crippen LogP contribution in [-0.4, -0.2) is 17.9 Å². The molecule has 0 aliphatic heterocycles. The second kappa shape index (κ2) is 8.22. The number of ether oxygens (including phenoxy) is 1. The topological polar surface area (TPSA) is 43.4 Å². The van der Waals surface area contributed by atoms with Gasteiger partial charge in [-0.1, -0.05) is 74.8 Å². The Morgan fingerprint density at radius 1 is 0.868 bits per heavy atom. The van der Waals surface area contributed by atoms with Gasteiger partial charge in [0.2, 0.25) is 0 Å². The van der Waals surface area contributed by atoms with Gasteiger partial charge in [0.05, 0.1) is 0 Å². The Hall–Kier alpha value is -1.12. The monoisotopic (exact) mass is 524 g/mol. The molecule has 0 heterocycles. The van der Waals surface area contributed by atoms with E-state index in [1.54, 1.807) is 12.5 Å². The predicted octanol–water partition coefficient (Wildman–Crippen LogP) is 9.09. The van der Waals surface area contributed by atoms with Gasteiger partial charge in [-0.05, 0) is 108 Å². The zero-order valence-corrected chi connectivity index (χ0v) is 26.5. The van der Waals surface area contributed by atoms with Gasteiger partial charge in [0, 0.05) is 18.8 Å². The molecular formula is C35H56O3. The fourth-order valence-corrected chi connectivity index (χ4v) is 12.5.